The summed E-state index contributed by atoms with van der Waals surface area (Å²) in [6.07, 6.45) is 1.25. The van der Waals surface area contributed by atoms with Crippen LogP contribution in [-0.4, -0.2) is 17.9 Å². The Balaban J connectivity index is 1.56. The third-order valence-electron chi connectivity index (χ3n) is 4.27. The molecule has 0 spiro atoms. The molecule has 1 heterocycles. The number of nitrogens with two attached hydrogens (primary N) is 1. The topological polar surface area (TPSA) is 59.5 Å². The summed E-state index contributed by atoms with van der Waals surface area (Å²) in [6, 6.07) is 11.6. The molecule has 2 unspecified atom stereocenters. The van der Waals surface area contributed by atoms with Crippen molar-refractivity contribution in [1.82, 2.24) is 4.90 Å². The van der Waals surface area contributed by atoms with Gasteiger partial charge in [0.25, 0.3) is 0 Å². The third kappa shape index (κ3) is 3.39. The van der Waals surface area contributed by atoms with Gasteiger partial charge in [-0.25, -0.2) is 0 Å². The molecule has 4 nitrogen and oxygen atoms in total. The van der Waals surface area contributed by atoms with Gasteiger partial charge in [-0.1, -0.05) is 19.1 Å². The summed E-state index contributed by atoms with van der Waals surface area (Å²) in [6.45, 7) is 3.84. The zero-order valence-electron chi connectivity index (χ0n) is 13.1. The number of amides is 1. The van der Waals surface area contributed by atoms with E-state index in [1.165, 1.54) is 6.42 Å². The van der Waals surface area contributed by atoms with Crippen LogP contribution in [0.2, 0.25) is 0 Å². The van der Waals surface area contributed by atoms with Gasteiger partial charge in [-0.3, -0.25) is 9.69 Å². The van der Waals surface area contributed by atoms with Crippen LogP contribution in [0.3, 0.4) is 0 Å². The number of hydrogen-bond acceptors (Lipinski definition) is 3. The average molecular weight is 298 g/mol. The van der Waals surface area contributed by atoms with Crippen molar-refractivity contribution in [3.8, 4) is 0 Å². The molecule has 1 aromatic carbocycles. The molecule has 0 radical (unpaired) electrons. The first-order chi connectivity index (χ1) is 10.5. The highest BCUT2D eigenvalue weighted by Crippen LogP contribution is 2.47. The van der Waals surface area contributed by atoms with Gasteiger partial charge in [0.2, 0.25) is 5.91 Å². The summed E-state index contributed by atoms with van der Waals surface area (Å²) < 4.78 is 5.93. The number of nitrogens with zero attached hydrogens (tertiary/aromatic N) is 1. The summed E-state index contributed by atoms with van der Waals surface area (Å²) in [5.41, 5.74) is 6.94. The van der Waals surface area contributed by atoms with Crippen LogP contribution in [0.5, 0.6) is 0 Å². The molecule has 2 N–H and O–H groups in total. The van der Waals surface area contributed by atoms with Gasteiger partial charge in [0.05, 0.1) is 6.54 Å². The molecular weight excluding hydrogens is 276 g/mol. The molecule has 0 saturated heterocycles. The van der Waals surface area contributed by atoms with Crippen molar-refractivity contribution in [2.45, 2.75) is 32.4 Å². The summed E-state index contributed by atoms with van der Waals surface area (Å²) in [4.78, 5) is 13.3. The van der Waals surface area contributed by atoms with Gasteiger partial charge < -0.3 is 10.2 Å². The first-order valence-corrected chi connectivity index (χ1v) is 7.69. The van der Waals surface area contributed by atoms with E-state index in [1.807, 2.05) is 12.1 Å². The van der Waals surface area contributed by atoms with E-state index < -0.39 is 5.91 Å². The van der Waals surface area contributed by atoms with Crippen LogP contribution in [-0.2, 0) is 13.1 Å². The lowest BCUT2D eigenvalue weighted by Gasteiger charge is -2.15. The fourth-order valence-electron chi connectivity index (χ4n) is 2.81. The van der Waals surface area contributed by atoms with E-state index >= 15 is 0 Å². The molecule has 1 amide bonds. The fraction of sp³-hybridized carbons (Fsp3) is 0.389. The molecule has 0 aliphatic heterocycles. The minimum absolute atomic E-state index is 0.391. The monoisotopic (exact) mass is 298 g/mol. The van der Waals surface area contributed by atoms with E-state index in [9.17, 15) is 4.79 Å². The molecule has 1 aliphatic carbocycles. The number of hydrogen-bond donors (Lipinski definition) is 1. The number of carbonyl (C=O) groups is 1. The second-order valence-corrected chi connectivity index (χ2v) is 6.36. The third-order valence-corrected chi connectivity index (χ3v) is 4.27. The smallest absolute Gasteiger partial charge is 0.248 e. The first-order valence-electron chi connectivity index (χ1n) is 7.69. The quantitative estimate of drug-likeness (QED) is 0.891. The van der Waals surface area contributed by atoms with E-state index in [1.54, 1.807) is 12.1 Å². The summed E-state index contributed by atoms with van der Waals surface area (Å²) in [5, 5.41) is 0. The molecule has 1 saturated carbocycles. The van der Waals surface area contributed by atoms with Crippen LogP contribution < -0.4 is 5.73 Å². The molecule has 116 valence electrons. The Bertz CT molecular complexity index is 660. The number of primary amides is 1. The van der Waals surface area contributed by atoms with E-state index in [0.29, 0.717) is 11.5 Å². The van der Waals surface area contributed by atoms with Gasteiger partial charge in [-0.15, -0.1) is 0 Å². The molecule has 1 aromatic heterocycles. The highest BCUT2D eigenvalue weighted by atomic mass is 16.3. The predicted octanol–water partition coefficient (Wildman–Crippen LogP) is 3.13. The molecule has 1 fully saturated rings. The molecule has 2 aromatic rings. The lowest BCUT2D eigenvalue weighted by molar-refractivity contribution is 0.100. The van der Waals surface area contributed by atoms with Crippen molar-refractivity contribution in [1.29, 1.82) is 0 Å². The number of benzene rings is 1. The van der Waals surface area contributed by atoms with Gasteiger partial charge >= 0.3 is 0 Å². The number of carbonyl (C=O) groups excluding carboxylic acids is 1. The van der Waals surface area contributed by atoms with Crippen molar-refractivity contribution in [2.75, 3.05) is 7.05 Å². The van der Waals surface area contributed by atoms with Crippen LogP contribution in [0.4, 0.5) is 0 Å². The summed E-state index contributed by atoms with van der Waals surface area (Å²) >= 11 is 0. The molecule has 3 rings (SSSR count). The maximum Gasteiger partial charge on any atom is 0.248 e. The second-order valence-electron chi connectivity index (χ2n) is 6.36. The molecule has 1 aliphatic rings. The largest absolute Gasteiger partial charge is 0.464 e. The first kappa shape index (κ1) is 14.9. The minimum atomic E-state index is -0.391. The number of furan rings is 1. The standard InChI is InChI=1S/C18H22N2O2/c1-12-9-16(12)17-8-7-15(22-17)11-20(2)10-13-3-5-14(6-4-13)18(19)21/h3-8,12,16H,9-11H2,1-2H3,(H2,19,21). The minimum Gasteiger partial charge on any atom is -0.464 e. The van der Waals surface area contributed by atoms with Gasteiger partial charge in [0.1, 0.15) is 11.5 Å². The number of rotatable bonds is 6. The van der Waals surface area contributed by atoms with Gasteiger partial charge in [-0.05, 0) is 49.2 Å². The molecule has 2 atom stereocenters. The van der Waals surface area contributed by atoms with E-state index in [4.69, 9.17) is 10.2 Å². The normalized spacial score (nSPS) is 20.3. The Morgan fingerprint density at radius 2 is 1.91 bits per heavy atom. The second kappa shape index (κ2) is 5.97. The highest BCUT2D eigenvalue weighted by molar-refractivity contribution is 5.92. The fourth-order valence-corrected chi connectivity index (χ4v) is 2.81. The summed E-state index contributed by atoms with van der Waals surface area (Å²) in [7, 11) is 2.06. The highest BCUT2D eigenvalue weighted by Gasteiger charge is 2.36. The van der Waals surface area contributed by atoms with Crippen LogP contribution >= 0.6 is 0 Å². The molecular formula is C18H22N2O2. The van der Waals surface area contributed by atoms with Gasteiger partial charge in [0.15, 0.2) is 0 Å². The lowest BCUT2D eigenvalue weighted by Crippen LogP contribution is -2.17. The molecule has 0 bridgehead atoms. The van der Waals surface area contributed by atoms with Crippen molar-refractivity contribution in [3.05, 3.63) is 59.0 Å². The average Bonchev–Trinajstić information content (AvgIpc) is 3.03. The maximum atomic E-state index is 11.1. The molecule has 22 heavy (non-hydrogen) atoms. The molecule has 4 heteroatoms. The van der Waals surface area contributed by atoms with E-state index in [-0.39, 0.29) is 0 Å². The van der Waals surface area contributed by atoms with Crippen molar-refractivity contribution >= 4 is 5.91 Å². The van der Waals surface area contributed by atoms with Crippen LogP contribution in [0.25, 0.3) is 0 Å². The SMILES string of the molecule is CC1CC1c1ccc(CN(C)Cc2ccc(C(N)=O)cc2)o1. The van der Waals surface area contributed by atoms with Crippen LogP contribution in [0, 0.1) is 5.92 Å². The lowest BCUT2D eigenvalue weighted by atomic mass is 10.1. The predicted molar refractivity (Wildman–Crippen MR) is 85.4 cm³/mol. The zero-order chi connectivity index (χ0) is 15.7. The van der Waals surface area contributed by atoms with E-state index in [2.05, 4.69) is 31.0 Å². The van der Waals surface area contributed by atoms with Gasteiger partial charge in [-0.2, -0.15) is 0 Å². The van der Waals surface area contributed by atoms with E-state index in [0.717, 1.165) is 36.1 Å². The van der Waals surface area contributed by atoms with Crippen LogP contribution in [0.15, 0.2) is 40.8 Å². The van der Waals surface area contributed by atoms with Crippen molar-refractivity contribution < 1.29 is 9.21 Å². The summed E-state index contributed by atoms with van der Waals surface area (Å²) in [5.74, 6) is 3.13. The Kier molecular flexibility index (Phi) is 4.03. The Labute approximate surface area is 130 Å². The van der Waals surface area contributed by atoms with Crippen LogP contribution in [0.1, 0.15) is 46.7 Å². The van der Waals surface area contributed by atoms with Gasteiger partial charge in [0, 0.05) is 18.0 Å². The zero-order valence-corrected chi connectivity index (χ0v) is 13.1. The Hall–Kier alpha value is -2.07. The Morgan fingerprint density at radius 1 is 1.23 bits per heavy atom. The maximum absolute atomic E-state index is 11.1. The Morgan fingerprint density at radius 3 is 2.50 bits per heavy atom. The van der Waals surface area contributed by atoms with Crippen molar-refractivity contribution in [2.24, 2.45) is 11.7 Å². The van der Waals surface area contributed by atoms with Crippen molar-refractivity contribution in [3.63, 3.8) is 0 Å².